The number of halogens is 1. The molecule has 1 aliphatic rings. The van der Waals surface area contributed by atoms with Crippen molar-refractivity contribution in [3.05, 3.63) is 77.0 Å². The van der Waals surface area contributed by atoms with Crippen LogP contribution in [-0.4, -0.2) is 33.9 Å². The molecule has 2 aromatic carbocycles. The van der Waals surface area contributed by atoms with E-state index in [1.54, 1.807) is 0 Å². The Bertz CT molecular complexity index is 960. The molecule has 1 N–H and O–H groups in total. The zero-order chi connectivity index (χ0) is 19.0. The van der Waals surface area contributed by atoms with E-state index >= 15 is 0 Å². The maximum atomic E-state index is 13.1. The van der Waals surface area contributed by atoms with Gasteiger partial charge in [0, 0.05) is 35.8 Å². The number of carbonyl (C=O) groups is 1. The summed E-state index contributed by atoms with van der Waals surface area (Å²) in [6, 6.07) is 14.2. The number of rotatable bonds is 3. The van der Waals surface area contributed by atoms with Gasteiger partial charge in [-0.25, -0.2) is 9.37 Å². The molecule has 27 heavy (non-hydrogen) atoms. The minimum Gasteiger partial charge on any atom is -0.346 e. The summed E-state index contributed by atoms with van der Waals surface area (Å²) in [7, 11) is 0. The number of carbonyl (C=O) groups excluding carboxylic acids is 1. The summed E-state index contributed by atoms with van der Waals surface area (Å²) in [5, 5.41) is 0. The average molecular weight is 363 g/mol. The summed E-state index contributed by atoms with van der Waals surface area (Å²) in [6.07, 6.45) is 0.904. The van der Waals surface area contributed by atoms with Crippen LogP contribution in [0, 0.1) is 19.7 Å². The predicted octanol–water partition coefficient (Wildman–Crippen LogP) is 4.46. The van der Waals surface area contributed by atoms with Crippen LogP contribution >= 0.6 is 0 Å². The van der Waals surface area contributed by atoms with Crippen molar-refractivity contribution in [3.8, 4) is 11.3 Å². The van der Waals surface area contributed by atoms with Crippen molar-refractivity contribution >= 4 is 5.91 Å². The predicted molar refractivity (Wildman–Crippen MR) is 103 cm³/mol. The van der Waals surface area contributed by atoms with Gasteiger partial charge in [-0.1, -0.05) is 24.3 Å². The summed E-state index contributed by atoms with van der Waals surface area (Å²) in [5.74, 6) is 0.961. The van der Waals surface area contributed by atoms with Crippen LogP contribution in [0.25, 0.3) is 11.3 Å². The van der Waals surface area contributed by atoms with Crippen LogP contribution in [0.4, 0.5) is 4.39 Å². The van der Waals surface area contributed by atoms with E-state index in [-0.39, 0.29) is 17.6 Å². The van der Waals surface area contributed by atoms with Crippen LogP contribution in [0.2, 0.25) is 0 Å². The Kier molecular flexibility index (Phi) is 4.52. The normalized spacial score (nSPS) is 16.7. The maximum Gasteiger partial charge on any atom is 0.253 e. The first-order valence-electron chi connectivity index (χ1n) is 9.19. The Balaban J connectivity index is 1.47. The third-order valence-corrected chi connectivity index (χ3v) is 5.23. The van der Waals surface area contributed by atoms with E-state index in [9.17, 15) is 9.18 Å². The highest BCUT2D eigenvalue weighted by Crippen LogP contribution is 2.29. The van der Waals surface area contributed by atoms with Crippen molar-refractivity contribution in [3.63, 3.8) is 0 Å². The zero-order valence-electron chi connectivity index (χ0n) is 15.5. The molecule has 0 aliphatic carbocycles. The lowest BCUT2D eigenvalue weighted by Gasteiger charge is -2.17. The van der Waals surface area contributed by atoms with Gasteiger partial charge in [0.1, 0.15) is 11.6 Å². The first-order valence-corrected chi connectivity index (χ1v) is 9.19. The minimum atomic E-state index is -0.230. The molecule has 0 bridgehead atoms. The minimum absolute atomic E-state index is 0.0427. The van der Waals surface area contributed by atoms with Gasteiger partial charge in [-0.15, -0.1) is 0 Å². The molecular weight excluding hydrogens is 341 g/mol. The summed E-state index contributed by atoms with van der Waals surface area (Å²) in [6.45, 7) is 5.32. The van der Waals surface area contributed by atoms with E-state index in [1.165, 1.54) is 12.1 Å². The van der Waals surface area contributed by atoms with Crippen molar-refractivity contribution in [2.75, 3.05) is 13.1 Å². The standard InChI is InChI=1S/C22H22FN3O/c1-14-21(25-15(2)24-14)17-3-5-18(6-4-17)22(27)26-12-11-19(13-26)16-7-9-20(23)10-8-16/h3-10,19H,11-13H2,1-2H3,(H,24,25). The molecule has 1 aliphatic heterocycles. The molecule has 138 valence electrons. The van der Waals surface area contributed by atoms with Crippen LogP contribution in [0.1, 0.15) is 39.8 Å². The van der Waals surface area contributed by atoms with E-state index in [1.807, 2.05) is 55.1 Å². The number of amides is 1. The highest BCUT2D eigenvalue weighted by Gasteiger charge is 2.28. The number of imidazole rings is 1. The van der Waals surface area contributed by atoms with Gasteiger partial charge < -0.3 is 9.88 Å². The Labute approximate surface area is 158 Å². The van der Waals surface area contributed by atoms with Crippen molar-refractivity contribution in [1.82, 2.24) is 14.9 Å². The van der Waals surface area contributed by atoms with Gasteiger partial charge in [-0.2, -0.15) is 0 Å². The highest BCUT2D eigenvalue weighted by molar-refractivity contribution is 5.95. The smallest absolute Gasteiger partial charge is 0.253 e. The fraction of sp³-hybridized carbons (Fsp3) is 0.273. The van der Waals surface area contributed by atoms with Crippen LogP contribution < -0.4 is 0 Å². The summed E-state index contributed by atoms with van der Waals surface area (Å²) in [4.78, 5) is 22.4. The number of nitrogens with zero attached hydrogens (tertiary/aromatic N) is 2. The summed E-state index contributed by atoms with van der Waals surface area (Å²) < 4.78 is 13.1. The molecule has 0 spiro atoms. The molecule has 4 nitrogen and oxygen atoms in total. The van der Waals surface area contributed by atoms with Crippen molar-refractivity contribution in [2.45, 2.75) is 26.2 Å². The molecule has 2 heterocycles. The number of likely N-dealkylation sites (tertiary alicyclic amines) is 1. The molecule has 1 amide bonds. The first-order chi connectivity index (χ1) is 13.0. The van der Waals surface area contributed by atoms with Gasteiger partial charge in [0.15, 0.2) is 0 Å². The maximum absolute atomic E-state index is 13.1. The molecule has 1 unspecified atom stereocenters. The van der Waals surface area contributed by atoms with E-state index in [4.69, 9.17) is 0 Å². The molecule has 1 saturated heterocycles. The lowest BCUT2D eigenvalue weighted by atomic mass is 9.98. The van der Waals surface area contributed by atoms with Gasteiger partial charge in [-0.05, 0) is 50.1 Å². The second-order valence-electron chi connectivity index (χ2n) is 7.16. The summed E-state index contributed by atoms with van der Waals surface area (Å²) >= 11 is 0. The number of aromatic nitrogens is 2. The van der Waals surface area contributed by atoms with Crippen molar-refractivity contribution < 1.29 is 9.18 Å². The van der Waals surface area contributed by atoms with E-state index in [0.717, 1.165) is 41.3 Å². The molecule has 1 atom stereocenters. The number of hydrogen-bond acceptors (Lipinski definition) is 2. The van der Waals surface area contributed by atoms with Crippen LogP contribution in [0.5, 0.6) is 0 Å². The van der Waals surface area contributed by atoms with Gasteiger partial charge in [-0.3, -0.25) is 4.79 Å². The largest absolute Gasteiger partial charge is 0.346 e. The number of H-pyrrole nitrogens is 1. The summed E-state index contributed by atoms with van der Waals surface area (Å²) in [5.41, 5.74) is 4.71. The molecule has 5 heteroatoms. The van der Waals surface area contributed by atoms with Gasteiger partial charge in [0.25, 0.3) is 5.91 Å². The molecule has 3 aromatic rings. The lowest BCUT2D eigenvalue weighted by molar-refractivity contribution is 0.0791. The highest BCUT2D eigenvalue weighted by atomic mass is 19.1. The topological polar surface area (TPSA) is 49.0 Å². The zero-order valence-corrected chi connectivity index (χ0v) is 15.5. The molecule has 4 rings (SSSR count). The number of hydrogen-bond donors (Lipinski definition) is 1. The van der Waals surface area contributed by atoms with E-state index in [2.05, 4.69) is 9.97 Å². The quantitative estimate of drug-likeness (QED) is 0.747. The third kappa shape index (κ3) is 3.50. The van der Waals surface area contributed by atoms with Gasteiger partial charge in [0.05, 0.1) is 5.69 Å². The number of benzene rings is 2. The molecular formula is C22H22FN3O. The molecule has 0 radical (unpaired) electrons. The van der Waals surface area contributed by atoms with Crippen LogP contribution in [0.15, 0.2) is 48.5 Å². The fourth-order valence-electron chi connectivity index (χ4n) is 3.80. The van der Waals surface area contributed by atoms with Crippen LogP contribution in [-0.2, 0) is 0 Å². The fourth-order valence-corrected chi connectivity index (χ4v) is 3.80. The SMILES string of the molecule is Cc1nc(-c2ccc(C(=O)N3CCC(c4ccc(F)cc4)C3)cc2)c(C)[nH]1. The van der Waals surface area contributed by atoms with Crippen molar-refractivity contribution in [1.29, 1.82) is 0 Å². The Hall–Kier alpha value is -2.95. The van der Waals surface area contributed by atoms with Gasteiger partial charge in [0.2, 0.25) is 0 Å². The van der Waals surface area contributed by atoms with Crippen molar-refractivity contribution in [2.24, 2.45) is 0 Å². The van der Waals surface area contributed by atoms with Gasteiger partial charge >= 0.3 is 0 Å². The molecule has 1 aromatic heterocycles. The molecule has 0 saturated carbocycles. The van der Waals surface area contributed by atoms with E-state index in [0.29, 0.717) is 12.1 Å². The monoisotopic (exact) mass is 363 g/mol. The van der Waals surface area contributed by atoms with E-state index < -0.39 is 0 Å². The Morgan fingerprint density at radius 1 is 1.11 bits per heavy atom. The number of aryl methyl sites for hydroxylation is 2. The Morgan fingerprint density at radius 2 is 1.81 bits per heavy atom. The average Bonchev–Trinajstić information content (AvgIpc) is 3.28. The number of aromatic amines is 1. The number of nitrogens with one attached hydrogen (secondary N) is 1. The second kappa shape index (κ2) is 6.99. The van der Waals surface area contributed by atoms with Crippen LogP contribution in [0.3, 0.4) is 0 Å². The molecule has 1 fully saturated rings. The Morgan fingerprint density at radius 3 is 2.44 bits per heavy atom. The first kappa shape index (κ1) is 17.5. The lowest BCUT2D eigenvalue weighted by Crippen LogP contribution is -2.28. The third-order valence-electron chi connectivity index (χ3n) is 5.23. The second-order valence-corrected chi connectivity index (χ2v) is 7.16.